The van der Waals surface area contributed by atoms with Gasteiger partial charge in [0.05, 0.1) is 13.2 Å². The molecule has 1 saturated heterocycles. The Morgan fingerprint density at radius 3 is 2.37 bits per heavy atom. The highest BCUT2D eigenvalue weighted by Gasteiger charge is 2.49. The first kappa shape index (κ1) is 19.9. The van der Waals surface area contributed by atoms with Crippen molar-refractivity contribution in [3.8, 4) is 23.0 Å². The molecule has 2 aromatic rings. The molecule has 1 fully saturated rings. The lowest BCUT2D eigenvalue weighted by Crippen LogP contribution is -2.41. The molecule has 2 aromatic carbocycles. The van der Waals surface area contributed by atoms with Crippen LogP contribution in [0.1, 0.15) is 25.8 Å². The van der Waals surface area contributed by atoms with Crippen LogP contribution in [-0.2, 0) is 10.3 Å². The van der Waals surface area contributed by atoms with Crippen molar-refractivity contribution >= 4 is 11.9 Å². The molecule has 8 nitrogen and oxygen atoms in total. The fraction of sp³-hybridized carbons (Fsp3) is 0.364. The number of carbonyl (C=O) groups excluding carboxylic acids is 2. The van der Waals surface area contributed by atoms with Crippen molar-refractivity contribution < 1.29 is 28.5 Å². The number of hydrogen-bond donors (Lipinski definition) is 1. The lowest BCUT2D eigenvalue weighted by molar-refractivity contribution is -0.131. The van der Waals surface area contributed by atoms with E-state index in [2.05, 4.69) is 5.32 Å². The fourth-order valence-electron chi connectivity index (χ4n) is 3.41. The summed E-state index contributed by atoms with van der Waals surface area (Å²) >= 11 is 0. The zero-order valence-electron chi connectivity index (χ0n) is 17.0. The number of benzene rings is 2. The van der Waals surface area contributed by atoms with E-state index in [1.54, 1.807) is 37.3 Å². The van der Waals surface area contributed by atoms with Gasteiger partial charge in [0.1, 0.15) is 23.6 Å². The molecule has 0 aromatic heterocycles. The van der Waals surface area contributed by atoms with Crippen molar-refractivity contribution in [3.63, 3.8) is 0 Å². The van der Waals surface area contributed by atoms with E-state index in [4.69, 9.17) is 18.9 Å². The normalized spacial score (nSPS) is 19.7. The number of nitrogens with zero attached hydrogens (tertiary/aromatic N) is 1. The number of ether oxygens (including phenoxy) is 4. The molecule has 0 radical (unpaired) electrons. The molecule has 2 aliphatic heterocycles. The summed E-state index contributed by atoms with van der Waals surface area (Å²) in [5, 5.41) is 2.78. The summed E-state index contributed by atoms with van der Waals surface area (Å²) in [6, 6.07) is 12.0. The molecular weight excluding hydrogens is 388 g/mol. The Kier molecular flexibility index (Phi) is 5.39. The van der Waals surface area contributed by atoms with E-state index in [-0.39, 0.29) is 25.9 Å². The molecule has 0 bridgehead atoms. The van der Waals surface area contributed by atoms with E-state index < -0.39 is 11.6 Å². The number of carbonyl (C=O) groups is 2. The van der Waals surface area contributed by atoms with Gasteiger partial charge in [-0.15, -0.1) is 0 Å². The van der Waals surface area contributed by atoms with E-state index in [1.807, 2.05) is 19.1 Å². The van der Waals surface area contributed by atoms with Crippen LogP contribution in [0.3, 0.4) is 0 Å². The summed E-state index contributed by atoms with van der Waals surface area (Å²) in [5.41, 5.74) is -0.535. The van der Waals surface area contributed by atoms with Crippen molar-refractivity contribution in [2.24, 2.45) is 0 Å². The predicted molar refractivity (Wildman–Crippen MR) is 108 cm³/mol. The molecule has 1 atom stereocenters. The van der Waals surface area contributed by atoms with Gasteiger partial charge in [-0.3, -0.25) is 9.69 Å². The van der Waals surface area contributed by atoms with Crippen LogP contribution in [0.2, 0.25) is 0 Å². The maximum Gasteiger partial charge on any atom is 0.325 e. The van der Waals surface area contributed by atoms with Gasteiger partial charge in [-0.2, -0.15) is 0 Å². The van der Waals surface area contributed by atoms with Crippen LogP contribution in [0.4, 0.5) is 4.79 Å². The Labute approximate surface area is 174 Å². The zero-order chi connectivity index (χ0) is 21.1. The summed E-state index contributed by atoms with van der Waals surface area (Å²) in [6.07, 6.45) is 0.940. The smallest absolute Gasteiger partial charge is 0.325 e. The van der Waals surface area contributed by atoms with Gasteiger partial charge in [0.25, 0.3) is 5.91 Å². The van der Waals surface area contributed by atoms with Gasteiger partial charge in [0.15, 0.2) is 11.5 Å². The highest BCUT2D eigenvalue weighted by molar-refractivity contribution is 6.07. The minimum Gasteiger partial charge on any atom is -0.494 e. The van der Waals surface area contributed by atoms with Gasteiger partial charge >= 0.3 is 6.03 Å². The van der Waals surface area contributed by atoms with Crippen LogP contribution in [0.25, 0.3) is 0 Å². The first-order valence-electron chi connectivity index (χ1n) is 9.91. The SMILES string of the molecule is CCCOc1ccc(OCCN2C(=O)N[C@](C)(c3ccc4c(c3)OCO4)C2=O)cc1. The largest absolute Gasteiger partial charge is 0.494 e. The Hall–Kier alpha value is -3.42. The first-order chi connectivity index (χ1) is 14.5. The summed E-state index contributed by atoms with van der Waals surface area (Å²) in [6.45, 7) is 4.86. The Bertz CT molecular complexity index is 945. The molecule has 4 rings (SSSR count). The van der Waals surface area contributed by atoms with Gasteiger partial charge in [0, 0.05) is 0 Å². The standard InChI is InChI=1S/C22H24N2O6/c1-3-11-27-16-5-7-17(8-6-16)28-12-10-24-20(25)22(2,23-21(24)26)15-4-9-18-19(13-15)30-14-29-18/h4-9,13H,3,10-12,14H2,1-2H3,(H,23,26)/t22-/m1/s1. The van der Waals surface area contributed by atoms with Crippen LogP contribution in [0, 0.1) is 0 Å². The van der Waals surface area contributed by atoms with Gasteiger partial charge in [-0.05, 0) is 55.3 Å². The average Bonchev–Trinajstić information content (AvgIpc) is 3.31. The lowest BCUT2D eigenvalue weighted by atomic mass is 9.91. The first-order valence-corrected chi connectivity index (χ1v) is 9.91. The molecule has 2 heterocycles. The molecule has 0 aliphatic carbocycles. The summed E-state index contributed by atoms with van der Waals surface area (Å²) in [4.78, 5) is 26.7. The van der Waals surface area contributed by atoms with E-state index >= 15 is 0 Å². The van der Waals surface area contributed by atoms with Crippen LogP contribution < -0.4 is 24.3 Å². The van der Waals surface area contributed by atoms with Crippen molar-refractivity contribution in [1.29, 1.82) is 0 Å². The molecular formula is C22H24N2O6. The van der Waals surface area contributed by atoms with Crippen molar-refractivity contribution in [1.82, 2.24) is 10.2 Å². The molecule has 8 heteroatoms. The number of imide groups is 1. The predicted octanol–water partition coefficient (Wildman–Crippen LogP) is 3.05. The number of hydrogen-bond acceptors (Lipinski definition) is 6. The second-order valence-electron chi connectivity index (χ2n) is 7.25. The quantitative estimate of drug-likeness (QED) is 0.671. The number of amides is 3. The van der Waals surface area contributed by atoms with Gasteiger partial charge < -0.3 is 24.3 Å². The zero-order valence-corrected chi connectivity index (χ0v) is 17.0. The monoisotopic (exact) mass is 412 g/mol. The van der Waals surface area contributed by atoms with Gasteiger partial charge in [-0.25, -0.2) is 4.79 Å². The van der Waals surface area contributed by atoms with E-state index in [0.717, 1.165) is 12.2 Å². The maximum atomic E-state index is 13.0. The van der Waals surface area contributed by atoms with Crippen LogP contribution in [0.5, 0.6) is 23.0 Å². The number of nitrogens with one attached hydrogen (secondary N) is 1. The molecule has 3 amide bonds. The highest BCUT2D eigenvalue weighted by Crippen LogP contribution is 2.37. The highest BCUT2D eigenvalue weighted by atomic mass is 16.7. The maximum absolute atomic E-state index is 13.0. The summed E-state index contributed by atoms with van der Waals surface area (Å²) in [7, 11) is 0. The second-order valence-corrected chi connectivity index (χ2v) is 7.25. The van der Waals surface area contributed by atoms with E-state index in [0.29, 0.717) is 29.4 Å². The topological polar surface area (TPSA) is 86.3 Å². The van der Waals surface area contributed by atoms with Crippen LogP contribution in [-0.4, -0.2) is 43.4 Å². The fourth-order valence-corrected chi connectivity index (χ4v) is 3.41. The molecule has 0 spiro atoms. The molecule has 30 heavy (non-hydrogen) atoms. The minimum absolute atomic E-state index is 0.138. The van der Waals surface area contributed by atoms with Crippen molar-refractivity contribution in [2.45, 2.75) is 25.8 Å². The molecule has 158 valence electrons. The molecule has 0 unspecified atom stereocenters. The Balaban J connectivity index is 1.37. The third-order valence-electron chi connectivity index (χ3n) is 5.11. The van der Waals surface area contributed by atoms with E-state index in [1.165, 1.54) is 4.90 Å². The third kappa shape index (κ3) is 3.72. The Morgan fingerprint density at radius 2 is 1.67 bits per heavy atom. The number of rotatable bonds is 8. The van der Waals surface area contributed by atoms with Crippen molar-refractivity contribution in [2.75, 3.05) is 26.6 Å². The number of fused-ring (bicyclic) bond motifs is 1. The average molecular weight is 412 g/mol. The summed E-state index contributed by atoms with van der Waals surface area (Å²) in [5.74, 6) is 2.26. The van der Waals surface area contributed by atoms with Crippen LogP contribution in [0.15, 0.2) is 42.5 Å². The summed E-state index contributed by atoms with van der Waals surface area (Å²) < 4.78 is 21.9. The van der Waals surface area contributed by atoms with Crippen molar-refractivity contribution in [3.05, 3.63) is 48.0 Å². The number of urea groups is 1. The van der Waals surface area contributed by atoms with Gasteiger partial charge in [-0.1, -0.05) is 13.0 Å². The molecule has 0 saturated carbocycles. The lowest BCUT2D eigenvalue weighted by Gasteiger charge is -2.22. The molecule has 2 aliphatic rings. The van der Waals surface area contributed by atoms with Gasteiger partial charge in [0.2, 0.25) is 6.79 Å². The Morgan fingerprint density at radius 1 is 1.00 bits per heavy atom. The van der Waals surface area contributed by atoms with Crippen LogP contribution >= 0.6 is 0 Å². The third-order valence-corrected chi connectivity index (χ3v) is 5.11. The molecule has 1 N–H and O–H groups in total. The minimum atomic E-state index is -1.17. The van der Waals surface area contributed by atoms with E-state index in [9.17, 15) is 9.59 Å². The second kappa shape index (κ2) is 8.14.